The average Bonchev–Trinajstić information content (AvgIpc) is 2.42. The molecule has 1 N–H and O–H groups in total. The summed E-state index contributed by atoms with van der Waals surface area (Å²) in [5, 5.41) is 3.22. The first kappa shape index (κ1) is 12.6. The molecule has 0 amide bonds. The second-order valence-corrected chi connectivity index (χ2v) is 4.08. The monoisotopic (exact) mass is 263 g/mol. The number of rotatable bonds is 4. The molecule has 1 heterocycles. The third kappa shape index (κ3) is 2.71. The minimum absolute atomic E-state index is 0.515. The molecule has 0 spiro atoms. The topological polar surface area (TPSA) is 47.0 Å². The molecule has 0 saturated carbocycles. The molecule has 94 valence electrons. The van der Waals surface area contributed by atoms with Gasteiger partial charge in [0, 0.05) is 11.6 Å². The summed E-state index contributed by atoms with van der Waals surface area (Å²) in [7, 11) is 1.59. The standard InChI is InChI=1S/C13H14ClN3O/c1-9-12(15-8-16-13(9)18-2)17-11-5-3-10(7-14)4-6-11/h3-6,8H,7H2,1-2H3,(H,15,16,17). The van der Waals surface area contributed by atoms with Crippen molar-refractivity contribution in [3.63, 3.8) is 0 Å². The van der Waals surface area contributed by atoms with Gasteiger partial charge in [-0.15, -0.1) is 11.6 Å². The number of nitrogens with one attached hydrogen (secondary N) is 1. The summed E-state index contributed by atoms with van der Waals surface area (Å²) in [5.41, 5.74) is 2.91. The van der Waals surface area contributed by atoms with E-state index >= 15 is 0 Å². The minimum Gasteiger partial charge on any atom is -0.481 e. The molecule has 1 aromatic carbocycles. The second-order valence-electron chi connectivity index (χ2n) is 3.81. The molecule has 0 atom stereocenters. The summed E-state index contributed by atoms with van der Waals surface area (Å²) >= 11 is 5.75. The molecule has 0 bridgehead atoms. The SMILES string of the molecule is COc1ncnc(Nc2ccc(CCl)cc2)c1C. The lowest BCUT2D eigenvalue weighted by Gasteiger charge is -2.10. The van der Waals surface area contributed by atoms with E-state index in [0.29, 0.717) is 11.8 Å². The van der Waals surface area contributed by atoms with Crippen LogP contribution < -0.4 is 10.1 Å². The number of methoxy groups -OCH3 is 1. The predicted molar refractivity (Wildman–Crippen MR) is 72.6 cm³/mol. The molecule has 2 rings (SSSR count). The summed E-state index contributed by atoms with van der Waals surface area (Å²) in [6, 6.07) is 7.88. The van der Waals surface area contributed by atoms with E-state index < -0.39 is 0 Å². The lowest BCUT2D eigenvalue weighted by atomic mass is 10.2. The Bertz CT molecular complexity index is 528. The molecule has 4 nitrogen and oxygen atoms in total. The number of alkyl halides is 1. The van der Waals surface area contributed by atoms with Gasteiger partial charge in [0.05, 0.1) is 12.7 Å². The van der Waals surface area contributed by atoms with Crippen molar-refractivity contribution in [3.8, 4) is 5.88 Å². The van der Waals surface area contributed by atoms with Gasteiger partial charge in [0.25, 0.3) is 0 Å². The first-order chi connectivity index (χ1) is 8.74. The fraction of sp³-hybridized carbons (Fsp3) is 0.231. The van der Waals surface area contributed by atoms with Crippen molar-refractivity contribution >= 4 is 23.1 Å². The maximum Gasteiger partial charge on any atom is 0.221 e. The Labute approximate surface area is 111 Å². The molecule has 0 saturated heterocycles. The number of halogens is 1. The highest BCUT2D eigenvalue weighted by Crippen LogP contribution is 2.23. The summed E-state index contributed by atoms with van der Waals surface area (Å²) in [4.78, 5) is 8.23. The first-order valence-corrected chi connectivity index (χ1v) is 6.05. The summed E-state index contributed by atoms with van der Waals surface area (Å²) < 4.78 is 5.15. The zero-order chi connectivity index (χ0) is 13.0. The molecule has 0 radical (unpaired) electrons. The third-order valence-corrected chi connectivity index (χ3v) is 2.91. The van der Waals surface area contributed by atoms with Crippen molar-refractivity contribution in [2.75, 3.05) is 12.4 Å². The van der Waals surface area contributed by atoms with Gasteiger partial charge in [0.1, 0.15) is 12.1 Å². The lowest BCUT2D eigenvalue weighted by Crippen LogP contribution is -2.00. The van der Waals surface area contributed by atoms with Crippen molar-refractivity contribution < 1.29 is 4.74 Å². The van der Waals surface area contributed by atoms with Crippen molar-refractivity contribution in [1.29, 1.82) is 0 Å². The Balaban J connectivity index is 2.22. The summed E-state index contributed by atoms with van der Waals surface area (Å²) in [6.45, 7) is 1.91. The van der Waals surface area contributed by atoms with Gasteiger partial charge >= 0.3 is 0 Å². The van der Waals surface area contributed by atoms with Crippen LogP contribution in [0, 0.1) is 6.92 Å². The molecule has 2 aromatic rings. The van der Waals surface area contributed by atoms with Gasteiger partial charge in [-0.25, -0.2) is 9.97 Å². The van der Waals surface area contributed by atoms with Crippen LogP contribution in [0.4, 0.5) is 11.5 Å². The van der Waals surface area contributed by atoms with Crippen LogP contribution in [0.3, 0.4) is 0 Å². The van der Waals surface area contributed by atoms with E-state index in [0.717, 1.165) is 22.6 Å². The number of benzene rings is 1. The molecule has 18 heavy (non-hydrogen) atoms. The van der Waals surface area contributed by atoms with Crippen molar-refractivity contribution in [2.45, 2.75) is 12.8 Å². The average molecular weight is 264 g/mol. The van der Waals surface area contributed by atoms with E-state index in [-0.39, 0.29) is 0 Å². The van der Waals surface area contributed by atoms with Gasteiger partial charge in [-0.1, -0.05) is 12.1 Å². The molecule has 0 unspecified atom stereocenters. The van der Waals surface area contributed by atoms with E-state index in [1.54, 1.807) is 7.11 Å². The number of anilines is 2. The summed E-state index contributed by atoms with van der Waals surface area (Å²) in [6.07, 6.45) is 1.47. The number of nitrogens with zero attached hydrogens (tertiary/aromatic N) is 2. The quantitative estimate of drug-likeness (QED) is 0.860. The Morgan fingerprint density at radius 3 is 2.56 bits per heavy atom. The molecule has 1 aromatic heterocycles. The van der Waals surface area contributed by atoms with E-state index in [1.807, 2.05) is 31.2 Å². The third-order valence-electron chi connectivity index (χ3n) is 2.60. The van der Waals surface area contributed by atoms with E-state index in [2.05, 4.69) is 15.3 Å². The Hall–Kier alpha value is -1.81. The smallest absolute Gasteiger partial charge is 0.221 e. The van der Waals surface area contributed by atoms with Crippen molar-refractivity contribution in [2.24, 2.45) is 0 Å². The Morgan fingerprint density at radius 1 is 1.22 bits per heavy atom. The van der Waals surface area contributed by atoms with Crippen LogP contribution in [0.25, 0.3) is 0 Å². The van der Waals surface area contributed by atoms with Crippen molar-refractivity contribution in [3.05, 3.63) is 41.7 Å². The highest BCUT2D eigenvalue weighted by molar-refractivity contribution is 6.17. The minimum atomic E-state index is 0.515. The second kappa shape index (κ2) is 5.69. The molecule has 0 aliphatic heterocycles. The lowest BCUT2D eigenvalue weighted by molar-refractivity contribution is 0.394. The fourth-order valence-corrected chi connectivity index (χ4v) is 1.76. The molecule has 0 fully saturated rings. The van der Waals surface area contributed by atoms with Gasteiger partial charge in [-0.2, -0.15) is 0 Å². The molecular weight excluding hydrogens is 250 g/mol. The fourth-order valence-electron chi connectivity index (χ4n) is 1.58. The van der Waals surface area contributed by atoms with Crippen LogP contribution in [-0.2, 0) is 5.88 Å². The van der Waals surface area contributed by atoms with Crippen molar-refractivity contribution in [1.82, 2.24) is 9.97 Å². The van der Waals surface area contributed by atoms with E-state index in [4.69, 9.17) is 16.3 Å². The Kier molecular flexibility index (Phi) is 3.99. The number of hydrogen-bond donors (Lipinski definition) is 1. The largest absolute Gasteiger partial charge is 0.481 e. The molecular formula is C13H14ClN3O. The van der Waals surface area contributed by atoms with Gasteiger partial charge in [-0.3, -0.25) is 0 Å². The highest BCUT2D eigenvalue weighted by atomic mass is 35.5. The van der Waals surface area contributed by atoms with Gasteiger partial charge < -0.3 is 10.1 Å². The van der Waals surface area contributed by atoms with Crippen LogP contribution >= 0.6 is 11.6 Å². The highest BCUT2D eigenvalue weighted by Gasteiger charge is 2.07. The zero-order valence-electron chi connectivity index (χ0n) is 10.3. The van der Waals surface area contributed by atoms with Crippen LogP contribution in [0.5, 0.6) is 5.88 Å². The van der Waals surface area contributed by atoms with Crippen LogP contribution in [0.2, 0.25) is 0 Å². The number of hydrogen-bond acceptors (Lipinski definition) is 4. The Morgan fingerprint density at radius 2 is 1.94 bits per heavy atom. The van der Waals surface area contributed by atoms with Crippen LogP contribution in [-0.4, -0.2) is 17.1 Å². The van der Waals surface area contributed by atoms with Crippen LogP contribution in [0.15, 0.2) is 30.6 Å². The number of ether oxygens (including phenoxy) is 1. The first-order valence-electron chi connectivity index (χ1n) is 5.52. The van der Waals surface area contributed by atoms with E-state index in [9.17, 15) is 0 Å². The normalized spacial score (nSPS) is 10.2. The van der Waals surface area contributed by atoms with Gasteiger partial charge in [0.15, 0.2) is 0 Å². The summed E-state index contributed by atoms with van der Waals surface area (Å²) in [5.74, 6) is 1.83. The van der Waals surface area contributed by atoms with Gasteiger partial charge in [-0.05, 0) is 24.6 Å². The maximum absolute atomic E-state index is 5.75. The van der Waals surface area contributed by atoms with E-state index in [1.165, 1.54) is 6.33 Å². The predicted octanol–water partition coefficient (Wildman–Crippen LogP) is 3.28. The number of aromatic nitrogens is 2. The molecule has 5 heteroatoms. The molecule has 0 aliphatic carbocycles. The van der Waals surface area contributed by atoms with Crippen LogP contribution in [0.1, 0.15) is 11.1 Å². The van der Waals surface area contributed by atoms with Gasteiger partial charge in [0.2, 0.25) is 5.88 Å². The molecule has 0 aliphatic rings. The zero-order valence-corrected chi connectivity index (χ0v) is 11.0. The maximum atomic E-state index is 5.75.